The maximum atomic E-state index is 11.7. The summed E-state index contributed by atoms with van der Waals surface area (Å²) in [7, 11) is 0. The van der Waals surface area contributed by atoms with Crippen LogP contribution in [-0.2, 0) is 25.7 Å². The molecule has 142 valence electrons. The normalized spacial score (nSPS) is 12.5. The third-order valence-electron chi connectivity index (χ3n) is 3.17. The van der Waals surface area contributed by atoms with E-state index in [9.17, 15) is 24.3 Å². The molecule has 0 fully saturated rings. The Morgan fingerprint density at radius 1 is 1.12 bits per heavy atom. The van der Waals surface area contributed by atoms with Gasteiger partial charge in [0.05, 0.1) is 18.9 Å². The van der Waals surface area contributed by atoms with Crippen LogP contribution in [0.25, 0.3) is 0 Å². The van der Waals surface area contributed by atoms with Crippen molar-refractivity contribution in [3.05, 3.63) is 35.9 Å². The average Bonchev–Trinajstić information content (AvgIpc) is 2.58. The first-order valence-electron chi connectivity index (χ1n) is 7.71. The van der Waals surface area contributed by atoms with Gasteiger partial charge in [0.25, 0.3) is 0 Å². The molecule has 0 aliphatic carbocycles. The maximum Gasteiger partial charge on any atom is 0.407 e. The van der Waals surface area contributed by atoms with Crippen LogP contribution in [0.4, 0.5) is 4.79 Å². The number of carbonyl (C=O) groups excluding carboxylic acids is 3. The molecule has 0 saturated carbocycles. The van der Waals surface area contributed by atoms with Crippen LogP contribution in [0.15, 0.2) is 30.3 Å². The summed E-state index contributed by atoms with van der Waals surface area (Å²) in [6.07, 6.45) is -3.14. The zero-order valence-corrected chi connectivity index (χ0v) is 13.9. The number of ether oxygens (including phenoxy) is 1. The van der Waals surface area contributed by atoms with Crippen molar-refractivity contribution in [1.82, 2.24) is 10.6 Å². The number of carboxylic acids is 1. The number of primary amides is 1. The summed E-state index contributed by atoms with van der Waals surface area (Å²) >= 11 is 0. The van der Waals surface area contributed by atoms with Crippen LogP contribution in [0.5, 0.6) is 0 Å². The molecule has 0 aliphatic heterocycles. The Balaban J connectivity index is 2.30. The number of aliphatic hydroxyl groups is 1. The lowest BCUT2D eigenvalue weighted by molar-refractivity contribution is -0.140. The summed E-state index contributed by atoms with van der Waals surface area (Å²) in [5.74, 6) is -3.09. The van der Waals surface area contributed by atoms with E-state index in [1.54, 1.807) is 24.3 Å². The van der Waals surface area contributed by atoms with E-state index in [0.717, 1.165) is 5.56 Å². The van der Waals surface area contributed by atoms with Crippen LogP contribution in [0.2, 0.25) is 0 Å². The zero-order valence-electron chi connectivity index (χ0n) is 13.9. The molecular weight excluding hydrogens is 346 g/mol. The van der Waals surface area contributed by atoms with E-state index in [2.05, 4.69) is 10.6 Å². The Kier molecular flexibility index (Phi) is 8.58. The smallest absolute Gasteiger partial charge is 0.407 e. The molecular formula is C16H21N3O7. The molecule has 0 spiro atoms. The fourth-order valence-electron chi connectivity index (χ4n) is 1.91. The topological polar surface area (TPSA) is 168 Å². The van der Waals surface area contributed by atoms with Crippen LogP contribution in [-0.4, -0.2) is 52.8 Å². The van der Waals surface area contributed by atoms with Gasteiger partial charge in [-0.25, -0.2) is 4.79 Å². The van der Waals surface area contributed by atoms with Gasteiger partial charge in [-0.1, -0.05) is 30.3 Å². The third-order valence-corrected chi connectivity index (χ3v) is 3.17. The van der Waals surface area contributed by atoms with Gasteiger partial charge in [0.2, 0.25) is 11.8 Å². The summed E-state index contributed by atoms with van der Waals surface area (Å²) in [6.45, 7) is -0.208. The van der Waals surface area contributed by atoms with Gasteiger partial charge in [-0.15, -0.1) is 0 Å². The lowest BCUT2D eigenvalue weighted by Crippen LogP contribution is -2.47. The number of hydrogen-bond acceptors (Lipinski definition) is 6. The SMILES string of the molecule is NC(=O)[C@H](CC(=O)O)NC(=O)C[C@@H](O)CNC(=O)OCc1ccccc1. The second-order valence-electron chi connectivity index (χ2n) is 5.42. The van der Waals surface area contributed by atoms with Gasteiger partial charge < -0.3 is 31.3 Å². The third kappa shape index (κ3) is 8.64. The number of aliphatic carboxylic acids is 1. The lowest BCUT2D eigenvalue weighted by atomic mass is 10.1. The standard InChI is InChI=1S/C16H21N3O7/c17-15(24)12(7-14(22)23)19-13(21)6-11(20)8-18-16(25)26-9-10-4-2-1-3-5-10/h1-5,11-12,20H,6-9H2,(H2,17,24)(H,18,25)(H,19,21)(H,22,23)/t11-,12+/m1/s1. The number of amides is 3. The molecule has 0 aliphatic rings. The number of carboxylic acid groups (broad SMARTS) is 1. The fourth-order valence-corrected chi connectivity index (χ4v) is 1.91. The second kappa shape index (κ2) is 10.7. The van der Waals surface area contributed by atoms with E-state index in [4.69, 9.17) is 15.6 Å². The number of nitrogens with two attached hydrogens (primary N) is 1. The maximum absolute atomic E-state index is 11.7. The molecule has 10 nitrogen and oxygen atoms in total. The van der Waals surface area contributed by atoms with E-state index >= 15 is 0 Å². The van der Waals surface area contributed by atoms with Gasteiger partial charge >= 0.3 is 12.1 Å². The van der Waals surface area contributed by atoms with Crippen LogP contribution in [0.1, 0.15) is 18.4 Å². The number of benzene rings is 1. The molecule has 0 bridgehead atoms. The van der Waals surface area contributed by atoms with Crippen molar-refractivity contribution in [3.8, 4) is 0 Å². The first kappa shape index (κ1) is 20.9. The predicted octanol–water partition coefficient (Wildman–Crippen LogP) is -0.891. The number of hydrogen-bond donors (Lipinski definition) is 5. The predicted molar refractivity (Wildman–Crippen MR) is 88.6 cm³/mol. The minimum Gasteiger partial charge on any atom is -0.481 e. The van der Waals surface area contributed by atoms with Crippen LogP contribution in [0.3, 0.4) is 0 Å². The first-order chi connectivity index (χ1) is 12.3. The van der Waals surface area contributed by atoms with E-state index in [1.165, 1.54) is 0 Å². The van der Waals surface area contributed by atoms with Crippen molar-refractivity contribution in [2.24, 2.45) is 5.73 Å². The minimum atomic E-state index is -1.38. The van der Waals surface area contributed by atoms with Gasteiger partial charge in [0.1, 0.15) is 12.6 Å². The highest BCUT2D eigenvalue weighted by Gasteiger charge is 2.22. The second-order valence-corrected chi connectivity index (χ2v) is 5.42. The molecule has 1 rings (SSSR count). The van der Waals surface area contributed by atoms with E-state index in [0.29, 0.717) is 0 Å². The summed E-state index contributed by atoms with van der Waals surface area (Å²) in [5, 5.41) is 22.8. The average molecular weight is 367 g/mol. The van der Waals surface area contributed by atoms with Gasteiger partial charge in [-0.2, -0.15) is 0 Å². The van der Waals surface area contributed by atoms with Crippen LogP contribution in [0, 0.1) is 0 Å². The monoisotopic (exact) mass is 367 g/mol. The summed E-state index contributed by atoms with van der Waals surface area (Å²) < 4.78 is 4.94. The molecule has 3 amide bonds. The molecule has 10 heteroatoms. The highest BCUT2D eigenvalue weighted by Crippen LogP contribution is 2.01. The van der Waals surface area contributed by atoms with E-state index in [1.807, 2.05) is 6.07 Å². The Hall–Kier alpha value is -3.14. The molecule has 1 aromatic carbocycles. The molecule has 0 unspecified atom stereocenters. The van der Waals surface area contributed by atoms with E-state index in [-0.39, 0.29) is 13.2 Å². The summed E-state index contributed by atoms with van der Waals surface area (Å²) in [6, 6.07) is 7.59. The summed E-state index contributed by atoms with van der Waals surface area (Å²) in [4.78, 5) is 44.9. The van der Waals surface area contributed by atoms with Crippen molar-refractivity contribution in [1.29, 1.82) is 0 Å². The van der Waals surface area contributed by atoms with Crippen LogP contribution >= 0.6 is 0 Å². The quantitative estimate of drug-likeness (QED) is 0.357. The van der Waals surface area contributed by atoms with Crippen molar-refractivity contribution in [2.75, 3.05) is 6.54 Å². The molecule has 0 radical (unpaired) electrons. The number of alkyl carbamates (subject to hydrolysis) is 1. The Morgan fingerprint density at radius 2 is 1.77 bits per heavy atom. The van der Waals surface area contributed by atoms with Gasteiger partial charge in [0.15, 0.2) is 0 Å². The number of aliphatic hydroxyl groups excluding tert-OH is 1. The lowest BCUT2D eigenvalue weighted by Gasteiger charge is -2.16. The fraction of sp³-hybridized carbons (Fsp3) is 0.375. The van der Waals surface area contributed by atoms with Crippen molar-refractivity contribution in [3.63, 3.8) is 0 Å². The van der Waals surface area contributed by atoms with Crippen molar-refractivity contribution in [2.45, 2.75) is 31.6 Å². The number of rotatable bonds is 10. The zero-order chi connectivity index (χ0) is 19.5. The van der Waals surface area contributed by atoms with Crippen LogP contribution < -0.4 is 16.4 Å². The minimum absolute atomic E-state index is 0.0543. The largest absolute Gasteiger partial charge is 0.481 e. The van der Waals surface area contributed by atoms with Gasteiger partial charge in [-0.05, 0) is 5.56 Å². The Bertz CT molecular complexity index is 636. The van der Waals surface area contributed by atoms with Gasteiger partial charge in [-0.3, -0.25) is 14.4 Å². The molecule has 1 aromatic rings. The Morgan fingerprint density at radius 3 is 2.35 bits per heavy atom. The summed E-state index contributed by atoms with van der Waals surface area (Å²) in [5.41, 5.74) is 5.78. The van der Waals surface area contributed by atoms with Crippen molar-refractivity contribution < 1.29 is 34.1 Å². The molecule has 0 saturated heterocycles. The molecule has 26 heavy (non-hydrogen) atoms. The Labute approximate surface area is 149 Å². The molecule has 0 heterocycles. The molecule has 6 N–H and O–H groups in total. The highest BCUT2D eigenvalue weighted by atomic mass is 16.5. The van der Waals surface area contributed by atoms with Crippen molar-refractivity contribution >= 4 is 23.9 Å². The molecule has 2 atom stereocenters. The van der Waals surface area contributed by atoms with Gasteiger partial charge in [0, 0.05) is 6.54 Å². The molecule has 0 aromatic heterocycles. The highest BCUT2D eigenvalue weighted by molar-refractivity contribution is 5.89. The number of nitrogens with one attached hydrogen (secondary N) is 2. The van der Waals surface area contributed by atoms with E-state index < -0.39 is 48.9 Å². The first-order valence-corrected chi connectivity index (χ1v) is 7.71. The number of carbonyl (C=O) groups is 4.